The smallest absolute Gasteiger partial charge is 0.117 e. The average Bonchev–Trinajstić information content (AvgIpc) is 3.21. The lowest BCUT2D eigenvalue weighted by Crippen LogP contribution is -2.33. The van der Waals surface area contributed by atoms with E-state index < -0.39 is 11.7 Å². The number of aliphatic hydroxyl groups excluding tert-OH is 1. The first-order valence-electron chi connectivity index (χ1n) is 8.54. The topological polar surface area (TPSA) is 52.5 Å². The van der Waals surface area contributed by atoms with Crippen molar-refractivity contribution in [1.29, 1.82) is 0 Å². The van der Waals surface area contributed by atoms with E-state index in [9.17, 15) is 10.2 Å². The number of benzene rings is 2. The highest BCUT2D eigenvalue weighted by atomic mass is 35.5. The quantitative estimate of drug-likeness (QED) is 0.503. The van der Waals surface area contributed by atoms with Crippen molar-refractivity contribution in [2.24, 2.45) is 0 Å². The van der Waals surface area contributed by atoms with Crippen LogP contribution in [0.25, 0.3) is 0 Å². The molecular formula is C21H22ClNO2S. The highest BCUT2D eigenvalue weighted by molar-refractivity contribution is 7.08. The Hall–Kier alpha value is -1.69. The molecule has 0 fully saturated rings. The molecule has 0 spiro atoms. The number of halogens is 1. The van der Waals surface area contributed by atoms with E-state index in [4.69, 9.17) is 11.6 Å². The maximum absolute atomic E-state index is 11.3. The zero-order valence-electron chi connectivity index (χ0n) is 14.3. The predicted molar refractivity (Wildman–Crippen MR) is 108 cm³/mol. The first kappa shape index (κ1) is 19.1. The second-order valence-electron chi connectivity index (χ2n) is 6.26. The normalized spacial score (nSPS) is 14.7. The summed E-state index contributed by atoms with van der Waals surface area (Å²) < 4.78 is 0. The molecule has 2 aromatic carbocycles. The van der Waals surface area contributed by atoms with Crippen LogP contribution in [0.15, 0.2) is 71.4 Å². The summed E-state index contributed by atoms with van der Waals surface area (Å²) in [7, 11) is 0. The van der Waals surface area contributed by atoms with E-state index in [-0.39, 0.29) is 0 Å². The molecule has 0 aliphatic carbocycles. The van der Waals surface area contributed by atoms with Crippen molar-refractivity contribution < 1.29 is 10.2 Å². The summed E-state index contributed by atoms with van der Waals surface area (Å²) in [6.45, 7) is 0.988. The van der Waals surface area contributed by atoms with Crippen molar-refractivity contribution in [3.8, 4) is 0 Å². The molecule has 26 heavy (non-hydrogen) atoms. The molecule has 3 N–H and O–H groups in total. The van der Waals surface area contributed by atoms with E-state index >= 15 is 0 Å². The molecule has 0 saturated heterocycles. The Morgan fingerprint density at radius 2 is 1.73 bits per heavy atom. The molecule has 3 nitrogen and oxygen atoms in total. The largest absolute Gasteiger partial charge is 0.387 e. The average molecular weight is 388 g/mol. The minimum Gasteiger partial charge on any atom is -0.387 e. The van der Waals surface area contributed by atoms with E-state index in [0.29, 0.717) is 24.5 Å². The van der Waals surface area contributed by atoms with Crippen LogP contribution in [0.2, 0.25) is 5.02 Å². The molecule has 0 radical (unpaired) electrons. The fourth-order valence-electron chi connectivity index (χ4n) is 2.98. The molecule has 1 aromatic heterocycles. The Bertz CT molecular complexity index is 793. The SMILES string of the molecule is OC(CNCCC(O)(c1ccccc1)c1ccsc1)c1ccc(Cl)cc1. The molecule has 0 bridgehead atoms. The maximum Gasteiger partial charge on any atom is 0.117 e. The van der Waals surface area contributed by atoms with Gasteiger partial charge in [-0.3, -0.25) is 0 Å². The molecule has 0 aliphatic heterocycles. The van der Waals surface area contributed by atoms with Gasteiger partial charge in [-0.15, -0.1) is 0 Å². The van der Waals surface area contributed by atoms with Gasteiger partial charge in [-0.2, -0.15) is 11.3 Å². The zero-order valence-corrected chi connectivity index (χ0v) is 15.9. The summed E-state index contributed by atoms with van der Waals surface area (Å²) in [5.74, 6) is 0. The molecule has 2 atom stereocenters. The van der Waals surface area contributed by atoms with Gasteiger partial charge in [0, 0.05) is 11.6 Å². The number of hydrogen-bond acceptors (Lipinski definition) is 4. The predicted octanol–water partition coefficient (Wildman–Crippen LogP) is 4.35. The third-order valence-electron chi connectivity index (χ3n) is 4.51. The summed E-state index contributed by atoms with van der Waals surface area (Å²) in [4.78, 5) is 0. The van der Waals surface area contributed by atoms with Crippen LogP contribution in [-0.4, -0.2) is 23.3 Å². The molecule has 136 valence electrons. The van der Waals surface area contributed by atoms with Crippen molar-refractivity contribution in [3.05, 3.63) is 93.1 Å². The molecule has 0 saturated carbocycles. The van der Waals surface area contributed by atoms with Crippen molar-refractivity contribution in [2.45, 2.75) is 18.1 Å². The van der Waals surface area contributed by atoms with Crippen molar-refractivity contribution in [2.75, 3.05) is 13.1 Å². The summed E-state index contributed by atoms with van der Waals surface area (Å²) in [5, 5.41) is 29.5. The molecule has 2 unspecified atom stereocenters. The third-order valence-corrected chi connectivity index (χ3v) is 5.44. The highest BCUT2D eigenvalue weighted by Crippen LogP contribution is 2.33. The zero-order chi connectivity index (χ0) is 18.4. The van der Waals surface area contributed by atoms with Gasteiger partial charge in [0.05, 0.1) is 6.10 Å². The van der Waals surface area contributed by atoms with E-state index in [1.54, 1.807) is 23.5 Å². The van der Waals surface area contributed by atoms with E-state index in [1.807, 2.05) is 59.3 Å². The summed E-state index contributed by atoms with van der Waals surface area (Å²) in [5.41, 5.74) is 1.55. The highest BCUT2D eigenvalue weighted by Gasteiger charge is 2.31. The van der Waals surface area contributed by atoms with Gasteiger partial charge in [0.1, 0.15) is 5.60 Å². The fraction of sp³-hybridized carbons (Fsp3) is 0.238. The molecular weight excluding hydrogens is 366 g/mol. The molecule has 5 heteroatoms. The second kappa shape index (κ2) is 8.80. The van der Waals surface area contributed by atoms with Gasteiger partial charge in [-0.25, -0.2) is 0 Å². The number of aliphatic hydroxyl groups is 2. The Morgan fingerprint density at radius 3 is 2.38 bits per heavy atom. The summed E-state index contributed by atoms with van der Waals surface area (Å²) >= 11 is 7.45. The Morgan fingerprint density at radius 1 is 1.00 bits per heavy atom. The standard InChI is InChI=1S/C21H22ClNO2S/c22-19-8-6-16(7-9-19)20(24)14-23-12-11-21(25,18-10-13-26-15-18)17-4-2-1-3-5-17/h1-10,13,15,20,23-25H,11-12,14H2. The van der Waals surface area contributed by atoms with E-state index in [0.717, 1.165) is 16.7 Å². The van der Waals surface area contributed by atoms with Gasteiger partial charge in [0.25, 0.3) is 0 Å². The Labute approximate surface area is 162 Å². The van der Waals surface area contributed by atoms with Crippen LogP contribution < -0.4 is 5.32 Å². The van der Waals surface area contributed by atoms with E-state index in [2.05, 4.69) is 5.32 Å². The van der Waals surface area contributed by atoms with Crippen LogP contribution in [-0.2, 0) is 5.60 Å². The van der Waals surface area contributed by atoms with Gasteiger partial charge in [-0.05, 0) is 58.6 Å². The molecule has 0 aliphatic rings. The lowest BCUT2D eigenvalue weighted by molar-refractivity contribution is 0.0699. The Kier molecular flexibility index (Phi) is 6.46. The minimum absolute atomic E-state index is 0.413. The monoisotopic (exact) mass is 387 g/mol. The van der Waals surface area contributed by atoms with Crippen molar-refractivity contribution in [1.82, 2.24) is 5.32 Å². The van der Waals surface area contributed by atoms with Crippen LogP contribution in [0.4, 0.5) is 0 Å². The van der Waals surface area contributed by atoms with Gasteiger partial charge in [-0.1, -0.05) is 54.1 Å². The van der Waals surface area contributed by atoms with Gasteiger partial charge in [0.2, 0.25) is 0 Å². The van der Waals surface area contributed by atoms with E-state index in [1.165, 1.54) is 0 Å². The lowest BCUT2D eigenvalue weighted by Gasteiger charge is -2.28. The summed E-state index contributed by atoms with van der Waals surface area (Å²) in [6.07, 6.45) is -0.0978. The van der Waals surface area contributed by atoms with Crippen molar-refractivity contribution >= 4 is 22.9 Å². The lowest BCUT2D eigenvalue weighted by atomic mass is 9.85. The molecule has 3 rings (SSSR count). The maximum atomic E-state index is 11.3. The number of hydrogen-bond donors (Lipinski definition) is 3. The Balaban J connectivity index is 1.61. The number of thiophene rings is 1. The van der Waals surface area contributed by atoms with Crippen LogP contribution >= 0.6 is 22.9 Å². The first-order chi connectivity index (χ1) is 12.6. The van der Waals surface area contributed by atoms with Crippen LogP contribution in [0.1, 0.15) is 29.2 Å². The number of rotatable bonds is 8. The van der Waals surface area contributed by atoms with Crippen LogP contribution in [0.5, 0.6) is 0 Å². The summed E-state index contributed by atoms with van der Waals surface area (Å²) in [6, 6.07) is 18.8. The number of nitrogens with one attached hydrogen (secondary N) is 1. The van der Waals surface area contributed by atoms with Gasteiger partial charge >= 0.3 is 0 Å². The second-order valence-corrected chi connectivity index (χ2v) is 7.48. The molecule has 3 aromatic rings. The van der Waals surface area contributed by atoms with Crippen LogP contribution in [0.3, 0.4) is 0 Å². The molecule has 0 amide bonds. The van der Waals surface area contributed by atoms with Crippen LogP contribution in [0, 0.1) is 0 Å². The van der Waals surface area contributed by atoms with Gasteiger partial charge in [0.15, 0.2) is 0 Å². The first-order valence-corrected chi connectivity index (χ1v) is 9.86. The fourth-order valence-corrected chi connectivity index (χ4v) is 3.83. The van der Waals surface area contributed by atoms with Crippen molar-refractivity contribution in [3.63, 3.8) is 0 Å². The minimum atomic E-state index is -1.04. The van der Waals surface area contributed by atoms with Gasteiger partial charge < -0.3 is 15.5 Å². The molecule has 1 heterocycles. The third kappa shape index (κ3) is 4.53.